The largest absolute Gasteiger partial charge is 0.481 e. The van der Waals surface area contributed by atoms with Crippen LogP contribution in [0.15, 0.2) is 39.9 Å². The van der Waals surface area contributed by atoms with Crippen molar-refractivity contribution >= 4 is 22.0 Å². The van der Waals surface area contributed by atoms with Gasteiger partial charge in [0.25, 0.3) is 10.0 Å². The highest BCUT2D eigenvalue weighted by Crippen LogP contribution is 2.37. The second-order valence-electron chi connectivity index (χ2n) is 6.41. The first kappa shape index (κ1) is 18.9. The SMILES string of the molecule is COc1cc(C)nc(NC(=O)NS(=O)(=O)c2cccc3c2-c2oncc2CC3)n1. The van der Waals surface area contributed by atoms with Crippen LogP contribution in [0.5, 0.6) is 5.88 Å². The lowest BCUT2D eigenvalue weighted by atomic mass is 9.91. The molecule has 0 bridgehead atoms. The van der Waals surface area contributed by atoms with Crippen LogP contribution in [-0.2, 0) is 22.9 Å². The number of hydrogen-bond donors (Lipinski definition) is 2. The normalized spacial score (nSPS) is 12.6. The van der Waals surface area contributed by atoms with Crippen molar-refractivity contribution in [1.82, 2.24) is 19.8 Å². The van der Waals surface area contributed by atoms with E-state index in [0.717, 1.165) is 11.1 Å². The highest BCUT2D eigenvalue weighted by atomic mass is 32.2. The molecular formula is C18H17N5O5S. The van der Waals surface area contributed by atoms with E-state index in [-0.39, 0.29) is 16.7 Å². The molecule has 29 heavy (non-hydrogen) atoms. The molecule has 0 radical (unpaired) electrons. The molecule has 1 aliphatic carbocycles. The Bertz CT molecular complexity index is 1210. The van der Waals surface area contributed by atoms with Gasteiger partial charge in [0.05, 0.1) is 18.2 Å². The Hall–Kier alpha value is -3.47. The van der Waals surface area contributed by atoms with Crippen LogP contribution in [0, 0.1) is 6.92 Å². The summed E-state index contributed by atoms with van der Waals surface area (Å²) in [4.78, 5) is 20.3. The van der Waals surface area contributed by atoms with Gasteiger partial charge in [0.15, 0.2) is 5.76 Å². The highest BCUT2D eigenvalue weighted by molar-refractivity contribution is 7.90. The summed E-state index contributed by atoms with van der Waals surface area (Å²) in [7, 11) is -2.78. The topological polar surface area (TPSA) is 136 Å². The number of nitrogens with one attached hydrogen (secondary N) is 2. The second-order valence-corrected chi connectivity index (χ2v) is 8.06. The fourth-order valence-corrected chi connectivity index (χ4v) is 4.34. The zero-order valence-electron chi connectivity index (χ0n) is 15.6. The number of aryl methyl sites for hydroxylation is 3. The van der Waals surface area contributed by atoms with Gasteiger partial charge in [0.1, 0.15) is 0 Å². The molecule has 0 unspecified atom stereocenters. The maximum Gasteiger partial charge on any atom is 0.335 e. The summed E-state index contributed by atoms with van der Waals surface area (Å²) in [5.41, 5.74) is 2.60. The van der Waals surface area contributed by atoms with Gasteiger partial charge in [-0.1, -0.05) is 17.3 Å². The highest BCUT2D eigenvalue weighted by Gasteiger charge is 2.29. The third-order valence-corrected chi connectivity index (χ3v) is 5.80. The van der Waals surface area contributed by atoms with Crippen LogP contribution in [-0.4, -0.2) is 36.7 Å². The summed E-state index contributed by atoms with van der Waals surface area (Å²) in [5.74, 6) is 0.562. The first-order valence-electron chi connectivity index (χ1n) is 8.66. The number of amides is 2. The zero-order chi connectivity index (χ0) is 20.6. The second kappa shape index (κ2) is 7.17. The van der Waals surface area contributed by atoms with Crippen molar-refractivity contribution in [2.75, 3.05) is 12.4 Å². The van der Waals surface area contributed by atoms with Crippen LogP contribution < -0.4 is 14.8 Å². The Balaban J connectivity index is 1.63. The predicted molar refractivity (Wildman–Crippen MR) is 102 cm³/mol. The Morgan fingerprint density at radius 1 is 1.21 bits per heavy atom. The first-order valence-corrected chi connectivity index (χ1v) is 10.1. The lowest BCUT2D eigenvalue weighted by molar-refractivity contribution is 0.256. The molecule has 4 rings (SSSR count). The minimum atomic E-state index is -4.20. The van der Waals surface area contributed by atoms with Crippen molar-refractivity contribution in [3.8, 4) is 17.2 Å². The van der Waals surface area contributed by atoms with Gasteiger partial charge in [-0.15, -0.1) is 0 Å². The average molecular weight is 415 g/mol. The number of rotatable bonds is 4. The van der Waals surface area contributed by atoms with Crippen LogP contribution >= 0.6 is 0 Å². The molecule has 0 spiro atoms. The molecule has 2 aromatic heterocycles. The molecule has 10 nitrogen and oxygen atoms in total. The van der Waals surface area contributed by atoms with E-state index in [1.807, 2.05) is 10.8 Å². The lowest BCUT2D eigenvalue weighted by Crippen LogP contribution is -2.35. The fourth-order valence-electron chi connectivity index (χ4n) is 3.18. The number of benzene rings is 1. The summed E-state index contributed by atoms with van der Waals surface area (Å²) in [6.07, 6.45) is 2.93. The maximum absolute atomic E-state index is 12.9. The van der Waals surface area contributed by atoms with Crippen LogP contribution in [0.1, 0.15) is 16.8 Å². The zero-order valence-corrected chi connectivity index (χ0v) is 16.4. The van der Waals surface area contributed by atoms with Crippen LogP contribution in [0.3, 0.4) is 0 Å². The maximum atomic E-state index is 12.9. The molecule has 150 valence electrons. The number of fused-ring (bicyclic) bond motifs is 3. The van der Waals surface area contributed by atoms with Crippen LogP contribution in [0.4, 0.5) is 10.7 Å². The van der Waals surface area contributed by atoms with E-state index in [9.17, 15) is 13.2 Å². The Labute approximate surface area is 166 Å². The van der Waals surface area contributed by atoms with Gasteiger partial charge in [0, 0.05) is 22.9 Å². The number of carbonyl (C=O) groups excluding carboxylic acids is 1. The molecule has 3 aromatic rings. The molecule has 1 aromatic carbocycles. The van der Waals surface area contributed by atoms with Gasteiger partial charge in [-0.2, -0.15) is 4.98 Å². The molecule has 2 amide bonds. The van der Waals surface area contributed by atoms with E-state index in [0.29, 0.717) is 29.9 Å². The monoisotopic (exact) mass is 415 g/mol. The number of hydrogen-bond acceptors (Lipinski definition) is 8. The number of aromatic nitrogens is 3. The summed E-state index contributed by atoms with van der Waals surface area (Å²) in [6, 6.07) is 5.45. The smallest absolute Gasteiger partial charge is 0.335 e. The summed E-state index contributed by atoms with van der Waals surface area (Å²) >= 11 is 0. The number of methoxy groups -OCH3 is 1. The molecular weight excluding hydrogens is 398 g/mol. The number of anilines is 1. The molecule has 0 aliphatic heterocycles. The third-order valence-electron chi connectivity index (χ3n) is 4.43. The van der Waals surface area contributed by atoms with Gasteiger partial charge >= 0.3 is 6.03 Å². The average Bonchev–Trinajstić information content (AvgIpc) is 3.15. The fraction of sp³-hybridized carbons (Fsp3) is 0.222. The summed E-state index contributed by atoms with van der Waals surface area (Å²) in [5, 5.41) is 6.08. The minimum absolute atomic E-state index is 0.0643. The van der Waals surface area contributed by atoms with E-state index < -0.39 is 16.1 Å². The quantitative estimate of drug-likeness (QED) is 0.661. The van der Waals surface area contributed by atoms with E-state index in [1.165, 1.54) is 13.2 Å². The number of urea groups is 1. The van der Waals surface area contributed by atoms with E-state index in [1.54, 1.807) is 25.3 Å². The van der Waals surface area contributed by atoms with Crippen LogP contribution in [0.2, 0.25) is 0 Å². The van der Waals surface area contributed by atoms with Crippen molar-refractivity contribution < 1.29 is 22.5 Å². The molecule has 0 atom stereocenters. The molecule has 0 saturated heterocycles. The molecule has 2 N–H and O–H groups in total. The Morgan fingerprint density at radius 2 is 2.00 bits per heavy atom. The third kappa shape index (κ3) is 3.63. The van der Waals surface area contributed by atoms with Crippen molar-refractivity contribution in [3.63, 3.8) is 0 Å². The molecule has 0 fully saturated rings. The Morgan fingerprint density at radius 3 is 2.79 bits per heavy atom. The van der Waals surface area contributed by atoms with Crippen molar-refractivity contribution in [1.29, 1.82) is 0 Å². The molecule has 0 saturated carbocycles. The van der Waals surface area contributed by atoms with E-state index in [2.05, 4.69) is 20.4 Å². The van der Waals surface area contributed by atoms with Crippen molar-refractivity contribution in [2.45, 2.75) is 24.7 Å². The van der Waals surface area contributed by atoms with Gasteiger partial charge < -0.3 is 9.26 Å². The minimum Gasteiger partial charge on any atom is -0.481 e. The van der Waals surface area contributed by atoms with Crippen molar-refractivity contribution in [3.05, 3.63) is 47.3 Å². The van der Waals surface area contributed by atoms with E-state index in [4.69, 9.17) is 9.26 Å². The number of ether oxygens (including phenoxy) is 1. The predicted octanol–water partition coefficient (Wildman–Crippen LogP) is 2.06. The summed E-state index contributed by atoms with van der Waals surface area (Å²) < 4.78 is 38.1. The van der Waals surface area contributed by atoms with Crippen molar-refractivity contribution in [2.24, 2.45) is 0 Å². The number of carbonyl (C=O) groups is 1. The first-order chi connectivity index (χ1) is 13.9. The molecule has 2 heterocycles. The standard InChI is InChI=1S/C18H17N5O5S/c1-10-8-14(27-2)21-17(20-10)22-18(24)23-29(25,26)13-5-3-4-11-6-7-12-9-19-28-16(12)15(11)13/h3-5,8-9H,6-7H2,1-2H3,(H2,20,21,22,23,24). The number of sulfonamides is 1. The molecule has 11 heteroatoms. The van der Waals surface area contributed by atoms with Gasteiger partial charge in [-0.25, -0.2) is 22.9 Å². The van der Waals surface area contributed by atoms with Gasteiger partial charge in [0.2, 0.25) is 11.8 Å². The summed E-state index contributed by atoms with van der Waals surface area (Å²) in [6.45, 7) is 1.69. The molecule has 1 aliphatic rings. The van der Waals surface area contributed by atoms with Gasteiger partial charge in [-0.05, 0) is 31.4 Å². The number of nitrogens with zero attached hydrogens (tertiary/aromatic N) is 3. The Kier molecular flexibility index (Phi) is 4.66. The van der Waals surface area contributed by atoms with E-state index >= 15 is 0 Å². The lowest BCUT2D eigenvalue weighted by Gasteiger charge is -2.18. The van der Waals surface area contributed by atoms with Crippen LogP contribution in [0.25, 0.3) is 11.3 Å². The van der Waals surface area contributed by atoms with Gasteiger partial charge in [-0.3, -0.25) is 5.32 Å².